The van der Waals surface area contributed by atoms with Crippen LogP contribution in [0, 0.1) is 0 Å². The van der Waals surface area contributed by atoms with Crippen molar-refractivity contribution < 1.29 is 19.1 Å². The number of unbranched alkanes of at least 4 members (excludes halogenated alkanes) is 20. The van der Waals surface area contributed by atoms with Crippen molar-refractivity contribution in [3.05, 3.63) is 24.3 Å². The molecule has 0 aromatic carbocycles. The molecule has 0 aromatic heterocycles. The highest BCUT2D eigenvalue weighted by Crippen LogP contribution is 2.25. The zero-order chi connectivity index (χ0) is 31.8. The number of rotatable bonds is 30. The molecule has 1 aliphatic rings. The summed E-state index contributed by atoms with van der Waals surface area (Å²) >= 11 is 0. The number of esters is 2. The molecule has 0 spiro atoms. The Labute approximate surface area is 273 Å². The van der Waals surface area contributed by atoms with Gasteiger partial charge in [-0.25, -0.2) is 0 Å². The van der Waals surface area contributed by atoms with Gasteiger partial charge in [-0.05, 0) is 70.6 Å². The first-order valence-corrected chi connectivity index (χ1v) is 19.4. The van der Waals surface area contributed by atoms with Gasteiger partial charge in [0.2, 0.25) is 0 Å². The Kier molecular flexibility index (Phi) is 28.9. The van der Waals surface area contributed by atoms with Gasteiger partial charge < -0.3 is 9.47 Å². The second-order valence-corrected chi connectivity index (χ2v) is 13.3. The predicted octanol–water partition coefficient (Wildman–Crippen LogP) is 12.7. The predicted molar refractivity (Wildman–Crippen MR) is 188 cm³/mol. The third kappa shape index (κ3) is 25.7. The maximum absolute atomic E-state index is 12.5. The van der Waals surface area contributed by atoms with Crippen molar-refractivity contribution in [3.8, 4) is 0 Å². The summed E-state index contributed by atoms with van der Waals surface area (Å²) < 4.78 is 11.6. The molecule has 1 saturated carbocycles. The summed E-state index contributed by atoms with van der Waals surface area (Å²) in [7, 11) is 0. The molecule has 1 fully saturated rings. The van der Waals surface area contributed by atoms with Gasteiger partial charge in [0.25, 0.3) is 0 Å². The minimum atomic E-state index is -0.259. The molecule has 0 radical (unpaired) electrons. The van der Waals surface area contributed by atoms with Gasteiger partial charge in [0.05, 0.1) is 0 Å². The van der Waals surface area contributed by atoms with E-state index < -0.39 is 0 Å². The standard InChI is InChI=1S/C40H72O4/c1-3-5-7-9-11-13-15-17-18-20-22-24-26-28-30-36-40(42)44-38-34-32-31-33-37(38)43-39(41)35-29-27-25-23-21-19-16-14-12-10-8-6-4-2/h11,13,17-18,37-38H,3-10,12,14-16,19-36H2,1-2H3/b13-11-,18-17-/t37-,38+/m1/s1. The third-order valence-electron chi connectivity index (χ3n) is 9.02. The van der Waals surface area contributed by atoms with Crippen LogP contribution >= 0.6 is 0 Å². The van der Waals surface area contributed by atoms with Crippen molar-refractivity contribution in [1.82, 2.24) is 0 Å². The van der Waals surface area contributed by atoms with Crippen LogP contribution in [0.5, 0.6) is 0 Å². The van der Waals surface area contributed by atoms with E-state index in [9.17, 15) is 9.59 Å². The molecule has 1 rings (SSSR count). The third-order valence-corrected chi connectivity index (χ3v) is 9.02. The van der Waals surface area contributed by atoms with Crippen LogP contribution in [0.25, 0.3) is 0 Å². The van der Waals surface area contributed by atoms with Crippen LogP contribution in [0.3, 0.4) is 0 Å². The van der Waals surface area contributed by atoms with Gasteiger partial charge in [-0.1, -0.05) is 147 Å². The monoisotopic (exact) mass is 617 g/mol. The van der Waals surface area contributed by atoms with Crippen LogP contribution in [0.4, 0.5) is 0 Å². The highest BCUT2D eigenvalue weighted by Gasteiger charge is 2.31. The van der Waals surface area contributed by atoms with E-state index in [4.69, 9.17) is 9.47 Å². The molecule has 4 nitrogen and oxygen atoms in total. The van der Waals surface area contributed by atoms with E-state index in [1.54, 1.807) is 0 Å². The van der Waals surface area contributed by atoms with Crippen LogP contribution in [0.1, 0.15) is 206 Å². The Bertz CT molecular complexity index is 712. The SMILES string of the molecule is CCCCC/C=C\C/C=C\CCCCCCCC(=O)O[C@H]1CCCC[C@H]1OC(=O)CCCCCCCCCCCCCCC. The lowest BCUT2D eigenvalue weighted by Gasteiger charge is -2.30. The fourth-order valence-electron chi connectivity index (χ4n) is 6.16. The lowest BCUT2D eigenvalue weighted by atomic mass is 9.94. The Morgan fingerprint density at radius 3 is 1.25 bits per heavy atom. The summed E-state index contributed by atoms with van der Waals surface area (Å²) in [5.41, 5.74) is 0. The smallest absolute Gasteiger partial charge is 0.306 e. The van der Waals surface area contributed by atoms with E-state index in [0.717, 1.165) is 64.2 Å². The molecule has 0 unspecified atom stereocenters. The molecule has 0 aromatic rings. The topological polar surface area (TPSA) is 52.6 Å². The molecule has 1 aliphatic carbocycles. The Morgan fingerprint density at radius 2 is 0.818 bits per heavy atom. The zero-order valence-electron chi connectivity index (χ0n) is 29.3. The molecule has 0 bridgehead atoms. The summed E-state index contributed by atoms with van der Waals surface area (Å²) in [6.45, 7) is 4.52. The Hall–Kier alpha value is -1.58. The van der Waals surface area contributed by atoms with Gasteiger partial charge in [-0.2, -0.15) is 0 Å². The highest BCUT2D eigenvalue weighted by molar-refractivity contribution is 5.70. The lowest BCUT2D eigenvalue weighted by molar-refractivity contribution is -0.171. The van der Waals surface area contributed by atoms with Gasteiger partial charge >= 0.3 is 11.9 Å². The molecular formula is C40H72O4. The first kappa shape index (κ1) is 40.4. The first-order chi connectivity index (χ1) is 21.7. The molecule has 0 saturated heterocycles. The van der Waals surface area contributed by atoms with Gasteiger partial charge in [0, 0.05) is 12.8 Å². The summed E-state index contributed by atoms with van der Waals surface area (Å²) in [5.74, 6) is -0.241. The average Bonchev–Trinajstić information content (AvgIpc) is 3.02. The summed E-state index contributed by atoms with van der Waals surface area (Å²) in [4.78, 5) is 25.0. The van der Waals surface area contributed by atoms with Crippen LogP contribution in [0.15, 0.2) is 24.3 Å². The Morgan fingerprint density at radius 1 is 0.477 bits per heavy atom. The largest absolute Gasteiger partial charge is 0.458 e. The van der Waals surface area contributed by atoms with Gasteiger partial charge in [-0.15, -0.1) is 0 Å². The van der Waals surface area contributed by atoms with E-state index in [1.807, 2.05) is 0 Å². The van der Waals surface area contributed by atoms with Crippen LogP contribution < -0.4 is 0 Å². The van der Waals surface area contributed by atoms with E-state index in [0.29, 0.717) is 12.8 Å². The van der Waals surface area contributed by atoms with Crippen molar-refractivity contribution in [1.29, 1.82) is 0 Å². The van der Waals surface area contributed by atoms with Crippen molar-refractivity contribution in [2.24, 2.45) is 0 Å². The fraction of sp³-hybridized carbons (Fsp3) is 0.850. The molecule has 2 atom stereocenters. The Balaban J connectivity index is 2.02. The van der Waals surface area contributed by atoms with Crippen LogP contribution in [-0.4, -0.2) is 24.1 Å². The number of ether oxygens (including phenoxy) is 2. The second kappa shape index (κ2) is 31.4. The summed E-state index contributed by atoms with van der Waals surface area (Å²) in [6.07, 6.45) is 43.1. The van der Waals surface area contributed by atoms with Crippen LogP contribution in [-0.2, 0) is 19.1 Å². The maximum Gasteiger partial charge on any atom is 0.306 e. The quantitative estimate of drug-likeness (QED) is 0.0457. The number of carbonyl (C=O) groups excluding carboxylic acids is 2. The van der Waals surface area contributed by atoms with Crippen molar-refractivity contribution in [3.63, 3.8) is 0 Å². The minimum Gasteiger partial charge on any atom is -0.458 e. The molecule has 0 amide bonds. The number of allylic oxidation sites excluding steroid dienone is 4. The van der Waals surface area contributed by atoms with E-state index in [1.165, 1.54) is 116 Å². The van der Waals surface area contributed by atoms with Crippen molar-refractivity contribution in [2.75, 3.05) is 0 Å². The normalized spacial score (nSPS) is 17.0. The van der Waals surface area contributed by atoms with Crippen molar-refractivity contribution in [2.45, 2.75) is 219 Å². The molecule has 0 N–H and O–H groups in total. The van der Waals surface area contributed by atoms with Gasteiger partial charge in [0.15, 0.2) is 0 Å². The van der Waals surface area contributed by atoms with E-state index in [-0.39, 0.29) is 24.1 Å². The lowest BCUT2D eigenvalue weighted by Crippen LogP contribution is -2.37. The molecular weight excluding hydrogens is 544 g/mol. The summed E-state index contributed by atoms with van der Waals surface area (Å²) in [6, 6.07) is 0. The van der Waals surface area contributed by atoms with Gasteiger partial charge in [0.1, 0.15) is 12.2 Å². The second-order valence-electron chi connectivity index (χ2n) is 13.3. The number of hydrogen-bond acceptors (Lipinski definition) is 4. The maximum atomic E-state index is 12.5. The molecule has 256 valence electrons. The summed E-state index contributed by atoms with van der Waals surface area (Å²) in [5, 5.41) is 0. The van der Waals surface area contributed by atoms with E-state index >= 15 is 0 Å². The van der Waals surface area contributed by atoms with Crippen molar-refractivity contribution >= 4 is 11.9 Å². The average molecular weight is 617 g/mol. The zero-order valence-corrected chi connectivity index (χ0v) is 29.3. The van der Waals surface area contributed by atoms with Crippen LogP contribution in [0.2, 0.25) is 0 Å². The minimum absolute atomic E-state index is 0.116. The highest BCUT2D eigenvalue weighted by atomic mass is 16.6. The fourth-order valence-corrected chi connectivity index (χ4v) is 6.16. The first-order valence-electron chi connectivity index (χ1n) is 19.4. The number of hydrogen-bond donors (Lipinski definition) is 0. The molecule has 44 heavy (non-hydrogen) atoms. The number of carbonyl (C=O) groups is 2. The van der Waals surface area contributed by atoms with E-state index in [2.05, 4.69) is 38.2 Å². The van der Waals surface area contributed by atoms with Gasteiger partial charge in [-0.3, -0.25) is 9.59 Å². The molecule has 0 heterocycles. The molecule has 4 heteroatoms. The molecule has 0 aliphatic heterocycles.